The van der Waals surface area contributed by atoms with E-state index in [4.69, 9.17) is 23.2 Å². The fourth-order valence-corrected chi connectivity index (χ4v) is 2.64. The molecule has 5 heteroatoms. The highest BCUT2D eigenvalue weighted by Gasteiger charge is 2.22. The highest BCUT2D eigenvalue weighted by molar-refractivity contribution is 6.33. The number of hydrogen-bond donors (Lipinski definition) is 1. The van der Waals surface area contributed by atoms with Crippen molar-refractivity contribution in [3.63, 3.8) is 0 Å². The second-order valence-corrected chi connectivity index (χ2v) is 5.57. The quantitative estimate of drug-likeness (QED) is 0.826. The van der Waals surface area contributed by atoms with Crippen molar-refractivity contribution in [2.24, 2.45) is 0 Å². The first-order chi connectivity index (χ1) is 8.56. The summed E-state index contributed by atoms with van der Waals surface area (Å²) in [7, 11) is 0. The number of amides is 1. The first-order valence-electron chi connectivity index (χ1n) is 5.96. The van der Waals surface area contributed by atoms with Crippen LogP contribution in [0.15, 0.2) is 18.2 Å². The Morgan fingerprint density at radius 1 is 1.28 bits per heavy atom. The predicted octanol–water partition coefficient (Wildman–Crippen LogP) is 3.76. The Labute approximate surface area is 115 Å². The molecule has 1 amide bonds. The number of carbonyl (C=O) groups excluding carboxylic acids is 1. The van der Waals surface area contributed by atoms with E-state index in [9.17, 15) is 9.18 Å². The van der Waals surface area contributed by atoms with Crippen molar-refractivity contribution in [1.29, 1.82) is 0 Å². The van der Waals surface area contributed by atoms with Gasteiger partial charge in [-0.1, -0.05) is 11.6 Å². The van der Waals surface area contributed by atoms with Crippen LogP contribution in [0.2, 0.25) is 5.02 Å². The summed E-state index contributed by atoms with van der Waals surface area (Å²) in [6.45, 7) is 0. The van der Waals surface area contributed by atoms with E-state index in [0.29, 0.717) is 5.56 Å². The molecule has 18 heavy (non-hydrogen) atoms. The molecule has 1 aliphatic rings. The van der Waals surface area contributed by atoms with Gasteiger partial charge in [0, 0.05) is 11.4 Å². The maximum atomic E-state index is 12.9. The summed E-state index contributed by atoms with van der Waals surface area (Å²) in [6.07, 6.45) is 3.56. The molecule has 0 spiro atoms. The summed E-state index contributed by atoms with van der Waals surface area (Å²) in [5.41, 5.74) is 0.311. The van der Waals surface area contributed by atoms with Crippen LogP contribution >= 0.6 is 23.2 Å². The standard InChI is InChI=1S/C13H14Cl2FNO/c14-8-1-4-10(5-2-8)17-13(18)11-6-3-9(16)7-12(11)15/h3,6-8,10H,1-2,4-5H2,(H,17,18). The molecule has 1 aromatic rings. The molecule has 0 aromatic heterocycles. The van der Waals surface area contributed by atoms with Crippen molar-refractivity contribution in [3.8, 4) is 0 Å². The van der Waals surface area contributed by atoms with Crippen LogP contribution in [0.5, 0.6) is 0 Å². The summed E-state index contributed by atoms with van der Waals surface area (Å²) in [4.78, 5) is 12.0. The predicted molar refractivity (Wildman–Crippen MR) is 70.8 cm³/mol. The topological polar surface area (TPSA) is 29.1 Å². The molecule has 98 valence electrons. The summed E-state index contributed by atoms with van der Waals surface area (Å²) in [5, 5.41) is 3.26. The van der Waals surface area contributed by atoms with Gasteiger partial charge in [-0.2, -0.15) is 0 Å². The Balaban J connectivity index is 1.99. The molecule has 2 nitrogen and oxygen atoms in total. The molecular weight excluding hydrogens is 276 g/mol. The van der Waals surface area contributed by atoms with Crippen LogP contribution in [-0.2, 0) is 0 Å². The van der Waals surface area contributed by atoms with Crippen LogP contribution in [0.25, 0.3) is 0 Å². The zero-order valence-electron chi connectivity index (χ0n) is 9.76. The maximum Gasteiger partial charge on any atom is 0.253 e. The van der Waals surface area contributed by atoms with Crippen molar-refractivity contribution in [2.45, 2.75) is 37.1 Å². The minimum atomic E-state index is -0.445. The Kier molecular flexibility index (Phi) is 4.46. The van der Waals surface area contributed by atoms with E-state index >= 15 is 0 Å². The Hall–Kier alpha value is -0.800. The monoisotopic (exact) mass is 289 g/mol. The van der Waals surface area contributed by atoms with Gasteiger partial charge in [0.25, 0.3) is 5.91 Å². The lowest BCUT2D eigenvalue weighted by molar-refractivity contribution is 0.0928. The third-order valence-corrected chi connectivity index (χ3v) is 3.92. The van der Waals surface area contributed by atoms with Gasteiger partial charge in [0.2, 0.25) is 0 Å². The molecule has 0 unspecified atom stereocenters. The van der Waals surface area contributed by atoms with E-state index in [1.54, 1.807) is 0 Å². The molecule has 0 bridgehead atoms. The number of hydrogen-bond acceptors (Lipinski definition) is 1. The van der Waals surface area contributed by atoms with Crippen LogP contribution in [0.3, 0.4) is 0 Å². The molecular formula is C13H14Cl2FNO. The van der Waals surface area contributed by atoms with E-state index in [-0.39, 0.29) is 22.3 Å². The SMILES string of the molecule is O=C(NC1CCC(Cl)CC1)c1ccc(F)cc1Cl. The first-order valence-corrected chi connectivity index (χ1v) is 6.77. The van der Waals surface area contributed by atoms with Crippen LogP contribution in [0.4, 0.5) is 4.39 Å². The van der Waals surface area contributed by atoms with E-state index in [1.165, 1.54) is 12.1 Å². The fraction of sp³-hybridized carbons (Fsp3) is 0.462. The van der Waals surface area contributed by atoms with Crippen LogP contribution < -0.4 is 5.32 Å². The maximum absolute atomic E-state index is 12.9. The van der Waals surface area contributed by atoms with Crippen molar-refractivity contribution >= 4 is 29.1 Å². The van der Waals surface area contributed by atoms with Crippen LogP contribution in [-0.4, -0.2) is 17.3 Å². The highest BCUT2D eigenvalue weighted by atomic mass is 35.5. The van der Waals surface area contributed by atoms with Crippen molar-refractivity contribution in [3.05, 3.63) is 34.6 Å². The fourth-order valence-electron chi connectivity index (χ4n) is 2.13. The number of benzene rings is 1. The van der Waals surface area contributed by atoms with Crippen LogP contribution in [0.1, 0.15) is 36.0 Å². The van der Waals surface area contributed by atoms with Gasteiger partial charge in [-0.25, -0.2) is 4.39 Å². The molecule has 2 rings (SSSR count). The highest BCUT2D eigenvalue weighted by Crippen LogP contribution is 2.24. The van der Waals surface area contributed by atoms with Gasteiger partial charge >= 0.3 is 0 Å². The van der Waals surface area contributed by atoms with Crippen molar-refractivity contribution < 1.29 is 9.18 Å². The minimum Gasteiger partial charge on any atom is -0.349 e. The molecule has 0 saturated heterocycles. The van der Waals surface area contributed by atoms with E-state index in [0.717, 1.165) is 31.7 Å². The number of carbonyl (C=O) groups is 1. The molecule has 1 saturated carbocycles. The zero-order chi connectivity index (χ0) is 13.1. The van der Waals surface area contributed by atoms with Gasteiger partial charge in [0.05, 0.1) is 10.6 Å². The third kappa shape index (κ3) is 3.36. The summed E-state index contributed by atoms with van der Waals surface area (Å²) < 4.78 is 12.9. The minimum absolute atomic E-state index is 0.133. The Morgan fingerprint density at radius 3 is 2.56 bits per heavy atom. The van der Waals surface area contributed by atoms with Gasteiger partial charge in [0.15, 0.2) is 0 Å². The summed E-state index contributed by atoms with van der Waals surface area (Å²) in [6, 6.07) is 3.91. The van der Waals surface area contributed by atoms with Gasteiger partial charge in [-0.05, 0) is 43.9 Å². The van der Waals surface area contributed by atoms with Crippen molar-refractivity contribution in [1.82, 2.24) is 5.32 Å². The Bertz CT molecular complexity index is 445. The smallest absolute Gasteiger partial charge is 0.253 e. The molecule has 0 atom stereocenters. The molecule has 0 aliphatic heterocycles. The van der Waals surface area contributed by atoms with Gasteiger partial charge in [-0.15, -0.1) is 11.6 Å². The Morgan fingerprint density at radius 2 is 1.94 bits per heavy atom. The lowest BCUT2D eigenvalue weighted by atomic mass is 9.95. The normalized spacial score (nSPS) is 23.7. The summed E-state index contributed by atoms with van der Waals surface area (Å²) >= 11 is 11.8. The number of halogens is 3. The molecule has 1 aliphatic carbocycles. The molecule has 1 N–H and O–H groups in total. The van der Waals surface area contributed by atoms with E-state index < -0.39 is 5.82 Å². The molecule has 0 radical (unpaired) electrons. The number of alkyl halides is 1. The van der Waals surface area contributed by atoms with Gasteiger partial charge in [-0.3, -0.25) is 4.79 Å². The number of rotatable bonds is 2. The second-order valence-electron chi connectivity index (χ2n) is 4.55. The third-order valence-electron chi connectivity index (χ3n) is 3.17. The van der Waals surface area contributed by atoms with Gasteiger partial charge < -0.3 is 5.32 Å². The average molecular weight is 290 g/mol. The zero-order valence-corrected chi connectivity index (χ0v) is 11.3. The molecule has 1 fully saturated rings. The lowest BCUT2D eigenvalue weighted by Crippen LogP contribution is -2.37. The number of nitrogens with one attached hydrogen (secondary N) is 1. The largest absolute Gasteiger partial charge is 0.349 e. The average Bonchev–Trinajstić information content (AvgIpc) is 2.32. The second kappa shape index (κ2) is 5.89. The summed E-state index contributed by atoms with van der Waals surface area (Å²) in [5.74, 6) is -0.697. The lowest BCUT2D eigenvalue weighted by Gasteiger charge is -2.25. The van der Waals surface area contributed by atoms with E-state index in [2.05, 4.69) is 5.32 Å². The van der Waals surface area contributed by atoms with Crippen molar-refractivity contribution in [2.75, 3.05) is 0 Å². The molecule has 0 heterocycles. The molecule has 1 aromatic carbocycles. The van der Waals surface area contributed by atoms with Gasteiger partial charge in [0.1, 0.15) is 5.82 Å². The van der Waals surface area contributed by atoms with E-state index in [1.807, 2.05) is 0 Å². The first kappa shape index (κ1) is 13.6. The van der Waals surface area contributed by atoms with Crippen LogP contribution in [0, 0.1) is 5.82 Å².